The number of ketones is 1. The van der Waals surface area contributed by atoms with Crippen LogP contribution < -0.4 is 0 Å². The first-order chi connectivity index (χ1) is 9.01. The monoisotopic (exact) mass is 299 g/mol. The molecule has 20 heavy (non-hydrogen) atoms. The summed E-state index contributed by atoms with van der Waals surface area (Å²) in [7, 11) is -3.63. The van der Waals surface area contributed by atoms with Crippen LogP contribution in [0, 0.1) is 15.5 Å². The summed E-state index contributed by atoms with van der Waals surface area (Å²) in [6.07, 6.45) is 0. The van der Waals surface area contributed by atoms with Gasteiger partial charge in [0.15, 0.2) is 15.6 Å². The van der Waals surface area contributed by atoms with Crippen LogP contribution in [-0.2, 0) is 20.4 Å². The highest BCUT2D eigenvalue weighted by molar-refractivity contribution is 7.91. The molecule has 1 aromatic carbocycles. The molecule has 0 saturated carbocycles. The summed E-state index contributed by atoms with van der Waals surface area (Å²) in [5.41, 5.74) is -0.587. The maximum absolute atomic E-state index is 11.9. The molecule has 1 aromatic rings. The molecule has 0 radical (unpaired) electrons. The van der Waals surface area contributed by atoms with Gasteiger partial charge in [-0.05, 0) is 5.56 Å². The van der Waals surface area contributed by atoms with Gasteiger partial charge in [0.2, 0.25) is 0 Å². The van der Waals surface area contributed by atoms with E-state index in [9.17, 15) is 23.3 Å². The van der Waals surface area contributed by atoms with Gasteiger partial charge in [0.25, 0.3) is 5.69 Å². The van der Waals surface area contributed by atoms with E-state index in [1.807, 2.05) is 0 Å². The van der Waals surface area contributed by atoms with Crippen LogP contribution >= 0.6 is 0 Å². The molecule has 0 aromatic heterocycles. The zero-order chi connectivity index (χ0) is 15.6. The Labute approximate surface area is 117 Å². The number of Topliss-reactive ketones (excluding diaryl/α,β-unsaturated/α-hetero) is 1. The lowest BCUT2D eigenvalue weighted by atomic mass is 9.92. The van der Waals surface area contributed by atoms with Gasteiger partial charge in [-0.3, -0.25) is 14.9 Å². The zero-order valence-corrected chi connectivity index (χ0v) is 12.4. The lowest BCUT2D eigenvalue weighted by Gasteiger charge is -2.16. The average Bonchev–Trinajstić information content (AvgIpc) is 2.26. The summed E-state index contributed by atoms with van der Waals surface area (Å²) in [4.78, 5) is 21.8. The Bertz CT molecular complexity index is 628. The fraction of sp³-hybridized carbons (Fsp3) is 0.462. The van der Waals surface area contributed by atoms with Crippen molar-refractivity contribution in [2.45, 2.75) is 26.5 Å². The predicted molar refractivity (Wildman–Crippen MR) is 75.0 cm³/mol. The number of hydrogen-bond acceptors (Lipinski definition) is 5. The van der Waals surface area contributed by atoms with E-state index in [1.165, 1.54) is 24.3 Å². The molecule has 0 aliphatic heterocycles. The molecule has 0 heterocycles. The molecule has 0 amide bonds. The maximum Gasteiger partial charge on any atom is 0.269 e. The Kier molecular flexibility index (Phi) is 4.65. The summed E-state index contributed by atoms with van der Waals surface area (Å²) in [6, 6.07) is 5.41. The molecule has 0 unspecified atom stereocenters. The predicted octanol–water partition coefficient (Wildman–Crippen LogP) is 2.12. The molecule has 0 N–H and O–H groups in total. The number of nitro benzene ring substituents is 1. The molecule has 7 heteroatoms. The summed E-state index contributed by atoms with van der Waals surface area (Å²) in [6.45, 7) is 4.95. The third-order valence-corrected chi connectivity index (χ3v) is 4.17. The van der Waals surface area contributed by atoms with Crippen molar-refractivity contribution in [2.24, 2.45) is 5.41 Å². The zero-order valence-electron chi connectivity index (χ0n) is 11.6. The van der Waals surface area contributed by atoms with Gasteiger partial charge in [0, 0.05) is 17.5 Å². The first kappa shape index (κ1) is 16.3. The van der Waals surface area contributed by atoms with Gasteiger partial charge in [-0.2, -0.15) is 0 Å². The second-order valence-corrected chi connectivity index (χ2v) is 7.70. The van der Waals surface area contributed by atoms with E-state index in [1.54, 1.807) is 20.8 Å². The van der Waals surface area contributed by atoms with Gasteiger partial charge in [0.1, 0.15) is 5.75 Å². The van der Waals surface area contributed by atoms with Crippen molar-refractivity contribution in [1.82, 2.24) is 0 Å². The minimum Gasteiger partial charge on any atom is -0.298 e. The number of benzene rings is 1. The molecule has 6 nitrogen and oxygen atoms in total. The molecule has 1 rings (SSSR count). The number of non-ortho nitro benzene ring substituents is 1. The Hall–Kier alpha value is -1.76. The molecule has 0 saturated heterocycles. The Morgan fingerprint density at radius 3 is 2.40 bits per heavy atom. The summed E-state index contributed by atoms with van der Waals surface area (Å²) >= 11 is 0. The van der Waals surface area contributed by atoms with Crippen molar-refractivity contribution in [2.75, 3.05) is 5.75 Å². The topological polar surface area (TPSA) is 94.3 Å². The maximum atomic E-state index is 11.9. The Balaban J connectivity index is 2.89. The Morgan fingerprint density at radius 1 is 1.30 bits per heavy atom. The summed E-state index contributed by atoms with van der Waals surface area (Å²) in [5.74, 6) is -1.31. The first-order valence-electron chi connectivity index (χ1n) is 5.98. The molecule has 0 aliphatic carbocycles. The van der Waals surface area contributed by atoms with Crippen LogP contribution in [0.2, 0.25) is 0 Å². The van der Waals surface area contributed by atoms with E-state index in [0.717, 1.165) is 0 Å². The van der Waals surface area contributed by atoms with Crippen LogP contribution in [0.25, 0.3) is 0 Å². The van der Waals surface area contributed by atoms with Crippen LogP contribution in [0.4, 0.5) is 5.69 Å². The second kappa shape index (κ2) is 5.70. The smallest absolute Gasteiger partial charge is 0.269 e. The lowest BCUT2D eigenvalue weighted by Crippen LogP contribution is -2.28. The van der Waals surface area contributed by atoms with Crippen LogP contribution in [-0.4, -0.2) is 24.9 Å². The SMILES string of the molecule is CC(C)(C)C(=O)CS(=O)(=O)Cc1cccc([N+](=O)[O-])c1. The van der Waals surface area contributed by atoms with Crippen LogP contribution in [0.3, 0.4) is 0 Å². The molecule has 110 valence electrons. The molecule has 0 fully saturated rings. The van der Waals surface area contributed by atoms with E-state index in [4.69, 9.17) is 0 Å². The molecular weight excluding hydrogens is 282 g/mol. The standard InChI is InChI=1S/C13H17NO5S/c1-13(2,3)12(15)9-20(18,19)8-10-5-4-6-11(7-10)14(16)17/h4-7H,8-9H2,1-3H3. The minimum atomic E-state index is -3.63. The van der Waals surface area contributed by atoms with E-state index in [-0.39, 0.29) is 17.2 Å². The third kappa shape index (κ3) is 4.73. The Morgan fingerprint density at radius 2 is 1.90 bits per heavy atom. The van der Waals surface area contributed by atoms with Crippen molar-refractivity contribution in [3.05, 3.63) is 39.9 Å². The van der Waals surface area contributed by atoms with Crippen molar-refractivity contribution in [1.29, 1.82) is 0 Å². The molecule has 0 bridgehead atoms. The highest BCUT2D eigenvalue weighted by Gasteiger charge is 2.27. The molecule has 0 aliphatic rings. The van der Waals surface area contributed by atoms with E-state index in [2.05, 4.69) is 0 Å². The van der Waals surface area contributed by atoms with Crippen LogP contribution in [0.1, 0.15) is 26.3 Å². The van der Waals surface area contributed by atoms with Gasteiger partial charge in [-0.15, -0.1) is 0 Å². The third-order valence-electron chi connectivity index (χ3n) is 2.70. The number of nitro groups is 1. The molecular formula is C13H17NO5S. The largest absolute Gasteiger partial charge is 0.298 e. The number of nitrogens with zero attached hydrogens (tertiary/aromatic N) is 1. The number of rotatable bonds is 5. The second-order valence-electron chi connectivity index (χ2n) is 5.63. The van der Waals surface area contributed by atoms with Crippen molar-refractivity contribution >= 4 is 21.3 Å². The van der Waals surface area contributed by atoms with Gasteiger partial charge < -0.3 is 0 Å². The lowest BCUT2D eigenvalue weighted by molar-refractivity contribution is -0.384. The number of hydrogen-bond donors (Lipinski definition) is 0. The van der Waals surface area contributed by atoms with Gasteiger partial charge in [-0.1, -0.05) is 32.9 Å². The number of carbonyl (C=O) groups is 1. The van der Waals surface area contributed by atoms with Crippen LogP contribution in [0.15, 0.2) is 24.3 Å². The van der Waals surface area contributed by atoms with E-state index in [0.29, 0.717) is 5.56 Å². The fourth-order valence-corrected chi connectivity index (χ4v) is 3.10. The highest BCUT2D eigenvalue weighted by Crippen LogP contribution is 2.19. The molecule has 0 spiro atoms. The van der Waals surface area contributed by atoms with Crippen molar-refractivity contribution < 1.29 is 18.1 Å². The quantitative estimate of drug-likeness (QED) is 0.613. The van der Waals surface area contributed by atoms with E-state index >= 15 is 0 Å². The van der Waals surface area contributed by atoms with Gasteiger partial charge >= 0.3 is 0 Å². The average molecular weight is 299 g/mol. The first-order valence-corrected chi connectivity index (χ1v) is 7.80. The molecule has 0 atom stereocenters. The summed E-state index contributed by atoms with van der Waals surface area (Å²) < 4.78 is 23.9. The van der Waals surface area contributed by atoms with E-state index < -0.39 is 25.9 Å². The van der Waals surface area contributed by atoms with Crippen molar-refractivity contribution in [3.8, 4) is 0 Å². The van der Waals surface area contributed by atoms with Gasteiger partial charge in [0.05, 0.1) is 10.7 Å². The van der Waals surface area contributed by atoms with Gasteiger partial charge in [-0.25, -0.2) is 8.42 Å². The fourth-order valence-electron chi connectivity index (χ4n) is 1.48. The number of sulfone groups is 1. The normalized spacial score (nSPS) is 12.2. The minimum absolute atomic E-state index is 0.167. The number of carbonyl (C=O) groups excluding carboxylic acids is 1. The highest BCUT2D eigenvalue weighted by atomic mass is 32.2. The summed E-state index contributed by atoms with van der Waals surface area (Å²) in [5, 5.41) is 10.6. The van der Waals surface area contributed by atoms with Crippen molar-refractivity contribution in [3.63, 3.8) is 0 Å². The van der Waals surface area contributed by atoms with Crippen LogP contribution in [0.5, 0.6) is 0 Å².